The van der Waals surface area contributed by atoms with Crippen LogP contribution in [0.15, 0.2) is 57.5 Å². The lowest BCUT2D eigenvalue weighted by Crippen LogP contribution is -2.38. The second-order valence-corrected chi connectivity index (χ2v) is 7.91. The summed E-state index contributed by atoms with van der Waals surface area (Å²) in [5.41, 5.74) is 2.60. The highest BCUT2D eigenvalue weighted by Gasteiger charge is 2.10. The molecule has 1 amide bonds. The molecule has 2 N–H and O–H groups in total. The van der Waals surface area contributed by atoms with Crippen molar-refractivity contribution >= 4 is 23.2 Å². The predicted octanol–water partition coefficient (Wildman–Crippen LogP) is 3.57. The molecule has 0 aliphatic rings. The Balaban J connectivity index is 1.63. The van der Waals surface area contributed by atoms with Crippen molar-refractivity contribution in [3.05, 3.63) is 75.6 Å². The van der Waals surface area contributed by atoms with Crippen LogP contribution in [-0.2, 0) is 19.6 Å². The monoisotopic (exact) mass is 425 g/mol. The predicted molar refractivity (Wildman–Crippen MR) is 119 cm³/mol. The summed E-state index contributed by atoms with van der Waals surface area (Å²) in [7, 11) is 1.99. The van der Waals surface area contributed by atoms with Crippen LogP contribution in [0, 0.1) is 6.92 Å². The summed E-state index contributed by atoms with van der Waals surface area (Å²) in [6, 6.07) is 11.1. The first-order valence-electron chi connectivity index (χ1n) is 9.85. The first-order chi connectivity index (χ1) is 14.5. The summed E-state index contributed by atoms with van der Waals surface area (Å²) in [5.74, 6) is 1.38. The zero-order valence-corrected chi connectivity index (χ0v) is 18.3. The van der Waals surface area contributed by atoms with E-state index in [0.717, 1.165) is 34.5 Å². The maximum absolute atomic E-state index is 12.4. The van der Waals surface area contributed by atoms with E-state index < -0.39 is 0 Å². The fraction of sp³-hybridized carbons (Fsp3) is 0.318. The molecule has 2 aromatic heterocycles. The summed E-state index contributed by atoms with van der Waals surface area (Å²) in [4.78, 5) is 23.7. The van der Waals surface area contributed by atoms with Gasteiger partial charge < -0.3 is 20.0 Å². The van der Waals surface area contributed by atoms with Gasteiger partial charge in [-0.1, -0.05) is 12.1 Å². The Morgan fingerprint density at radius 2 is 2.13 bits per heavy atom. The minimum Gasteiger partial charge on any atom is -0.467 e. The smallest absolute Gasteiger partial charge is 0.251 e. The van der Waals surface area contributed by atoms with Crippen molar-refractivity contribution in [2.24, 2.45) is 4.99 Å². The molecule has 0 fully saturated rings. The van der Waals surface area contributed by atoms with Gasteiger partial charge in [-0.2, -0.15) is 0 Å². The van der Waals surface area contributed by atoms with Gasteiger partial charge >= 0.3 is 0 Å². The van der Waals surface area contributed by atoms with Gasteiger partial charge in [-0.05, 0) is 43.7 Å². The van der Waals surface area contributed by atoms with Gasteiger partial charge in [0.25, 0.3) is 5.91 Å². The number of thiazole rings is 1. The number of hydrogen-bond acceptors (Lipinski definition) is 5. The van der Waals surface area contributed by atoms with E-state index in [4.69, 9.17) is 9.41 Å². The average Bonchev–Trinajstić information content (AvgIpc) is 3.41. The van der Waals surface area contributed by atoms with E-state index in [1.54, 1.807) is 29.7 Å². The fourth-order valence-corrected chi connectivity index (χ4v) is 3.53. The van der Waals surface area contributed by atoms with Crippen LogP contribution < -0.4 is 10.6 Å². The quantitative estimate of drug-likeness (QED) is 0.426. The summed E-state index contributed by atoms with van der Waals surface area (Å²) >= 11 is 1.65. The Hall–Kier alpha value is -3.13. The second-order valence-electron chi connectivity index (χ2n) is 6.85. The van der Waals surface area contributed by atoms with Crippen LogP contribution in [0.3, 0.4) is 0 Å². The third-order valence-electron chi connectivity index (χ3n) is 4.37. The Morgan fingerprint density at radius 3 is 2.83 bits per heavy atom. The third-order valence-corrected chi connectivity index (χ3v) is 5.19. The molecular formula is C22H27N5O2S. The van der Waals surface area contributed by atoms with Gasteiger partial charge in [0.1, 0.15) is 5.76 Å². The molecule has 8 heteroatoms. The van der Waals surface area contributed by atoms with Crippen molar-refractivity contribution < 1.29 is 9.21 Å². The number of aliphatic imine (C=N–C) groups is 1. The zero-order chi connectivity index (χ0) is 21.3. The number of aryl methyl sites for hydroxylation is 1. The van der Waals surface area contributed by atoms with Crippen molar-refractivity contribution in [1.29, 1.82) is 0 Å². The number of aromatic nitrogens is 1. The van der Waals surface area contributed by atoms with Gasteiger partial charge in [0.05, 0.1) is 36.6 Å². The normalized spacial score (nSPS) is 11.4. The van der Waals surface area contributed by atoms with Crippen LogP contribution in [0.4, 0.5) is 0 Å². The second kappa shape index (κ2) is 10.6. The van der Waals surface area contributed by atoms with Crippen LogP contribution in [0.25, 0.3) is 0 Å². The number of carbonyl (C=O) groups is 1. The molecule has 0 spiro atoms. The van der Waals surface area contributed by atoms with Gasteiger partial charge in [0.15, 0.2) is 5.96 Å². The molecule has 158 valence electrons. The molecule has 0 aliphatic carbocycles. The lowest BCUT2D eigenvalue weighted by atomic mass is 10.1. The van der Waals surface area contributed by atoms with Crippen LogP contribution in [-0.4, -0.2) is 35.3 Å². The molecule has 3 aromatic rings. The van der Waals surface area contributed by atoms with E-state index in [1.807, 2.05) is 45.2 Å². The standard InChI is InChI=1S/C22H27N5O2S/c1-4-23-22(27(3)14-19-15-30-16(2)26-19)25-12-17-7-5-8-18(11-17)21(28)24-13-20-9-6-10-29-20/h5-11,15H,4,12-14H2,1-3H3,(H,23,25)(H,24,28). The first kappa shape index (κ1) is 21.6. The molecule has 1 aromatic carbocycles. The lowest BCUT2D eigenvalue weighted by molar-refractivity contribution is 0.0948. The van der Waals surface area contributed by atoms with Gasteiger partial charge in [-0.3, -0.25) is 4.79 Å². The number of nitrogens with zero attached hydrogens (tertiary/aromatic N) is 3. The number of rotatable bonds is 8. The van der Waals surface area contributed by atoms with Crippen LogP contribution in [0.1, 0.15) is 39.3 Å². The number of guanidine groups is 1. The highest BCUT2D eigenvalue weighted by molar-refractivity contribution is 7.09. The molecule has 0 atom stereocenters. The minimum atomic E-state index is -0.139. The van der Waals surface area contributed by atoms with E-state index in [2.05, 4.69) is 25.9 Å². The molecule has 0 radical (unpaired) electrons. The highest BCUT2D eigenvalue weighted by atomic mass is 32.1. The van der Waals surface area contributed by atoms with Gasteiger partial charge in [0.2, 0.25) is 0 Å². The summed E-state index contributed by atoms with van der Waals surface area (Å²) in [5, 5.41) is 9.31. The Labute approximate surface area is 180 Å². The third kappa shape index (κ3) is 6.18. The Kier molecular flexibility index (Phi) is 7.62. The van der Waals surface area contributed by atoms with Gasteiger partial charge in [-0.25, -0.2) is 9.98 Å². The number of benzene rings is 1. The maximum Gasteiger partial charge on any atom is 0.251 e. The number of nitrogens with one attached hydrogen (secondary N) is 2. The number of furan rings is 1. The SMILES string of the molecule is CCNC(=NCc1cccc(C(=O)NCc2ccco2)c1)N(C)Cc1csc(C)n1. The number of carbonyl (C=O) groups excluding carboxylic acids is 1. The van der Waals surface area contributed by atoms with Crippen molar-refractivity contribution in [3.8, 4) is 0 Å². The fourth-order valence-electron chi connectivity index (χ4n) is 2.93. The minimum absolute atomic E-state index is 0.139. The molecular weight excluding hydrogens is 398 g/mol. The zero-order valence-electron chi connectivity index (χ0n) is 17.5. The van der Waals surface area contributed by atoms with Gasteiger partial charge in [-0.15, -0.1) is 11.3 Å². The van der Waals surface area contributed by atoms with E-state index >= 15 is 0 Å². The van der Waals surface area contributed by atoms with Crippen molar-refractivity contribution in [2.75, 3.05) is 13.6 Å². The molecule has 0 unspecified atom stereocenters. The molecule has 7 nitrogen and oxygen atoms in total. The van der Waals surface area contributed by atoms with Crippen LogP contribution in [0.5, 0.6) is 0 Å². The van der Waals surface area contributed by atoms with Crippen LogP contribution >= 0.6 is 11.3 Å². The summed E-state index contributed by atoms with van der Waals surface area (Å²) in [6.07, 6.45) is 1.59. The lowest BCUT2D eigenvalue weighted by Gasteiger charge is -2.21. The maximum atomic E-state index is 12.4. The van der Waals surface area contributed by atoms with Crippen molar-refractivity contribution in [3.63, 3.8) is 0 Å². The number of amides is 1. The van der Waals surface area contributed by atoms with E-state index in [9.17, 15) is 4.79 Å². The van der Waals surface area contributed by atoms with Crippen molar-refractivity contribution in [1.82, 2.24) is 20.5 Å². The average molecular weight is 426 g/mol. The molecule has 0 aliphatic heterocycles. The summed E-state index contributed by atoms with van der Waals surface area (Å²) in [6.45, 7) is 6.34. The topological polar surface area (TPSA) is 82.8 Å². The summed E-state index contributed by atoms with van der Waals surface area (Å²) < 4.78 is 5.25. The van der Waals surface area contributed by atoms with Gasteiger partial charge in [0, 0.05) is 24.5 Å². The molecule has 0 saturated carbocycles. The first-order valence-corrected chi connectivity index (χ1v) is 10.7. The largest absolute Gasteiger partial charge is 0.467 e. The van der Waals surface area contributed by atoms with E-state index in [0.29, 0.717) is 25.2 Å². The molecule has 0 saturated heterocycles. The van der Waals surface area contributed by atoms with Crippen LogP contribution in [0.2, 0.25) is 0 Å². The molecule has 3 rings (SSSR count). The Morgan fingerprint density at radius 1 is 1.27 bits per heavy atom. The Bertz CT molecular complexity index is 981. The molecule has 2 heterocycles. The number of hydrogen-bond donors (Lipinski definition) is 2. The van der Waals surface area contributed by atoms with E-state index in [-0.39, 0.29) is 5.91 Å². The highest BCUT2D eigenvalue weighted by Crippen LogP contribution is 2.11. The van der Waals surface area contributed by atoms with E-state index in [1.165, 1.54) is 0 Å². The molecule has 0 bridgehead atoms. The molecule has 30 heavy (non-hydrogen) atoms. The van der Waals surface area contributed by atoms with Crippen molar-refractivity contribution in [2.45, 2.75) is 33.5 Å².